The van der Waals surface area contributed by atoms with Crippen LogP contribution in [-0.4, -0.2) is 26.4 Å². The quantitative estimate of drug-likeness (QED) is 0.506. The zero-order chi connectivity index (χ0) is 21.2. The topological polar surface area (TPSA) is 55.7 Å². The van der Waals surface area contributed by atoms with E-state index in [9.17, 15) is 21.6 Å². The standard InChI is InChI=1S/C20H19ClF3NO3S/c1-2-3-8-25-16-5-4-15-17(28-14-10-12(21)9-13(22)11-14)6-7-18(19(15)16)29(26,27)20(23)24/h6-7,9-11,20H,2-5,8H2,1H3/b25-16-. The largest absolute Gasteiger partial charge is 0.457 e. The maximum absolute atomic E-state index is 13.6. The van der Waals surface area contributed by atoms with E-state index in [1.807, 2.05) is 6.92 Å². The molecule has 0 fully saturated rings. The predicted octanol–water partition coefficient (Wildman–Crippen LogP) is 5.80. The van der Waals surface area contributed by atoms with Crippen LogP contribution >= 0.6 is 11.6 Å². The van der Waals surface area contributed by atoms with Gasteiger partial charge in [0.1, 0.15) is 17.3 Å². The number of ether oxygens (including phenoxy) is 1. The van der Waals surface area contributed by atoms with Crippen molar-refractivity contribution in [1.82, 2.24) is 0 Å². The van der Waals surface area contributed by atoms with Crippen molar-refractivity contribution in [2.75, 3.05) is 6.54 Å². The van der Waals surface area contributed by atoms with Crippen LogP contribution < -0.4 is 4.74 Å². The Hall–Kier alpha value is -2.06. The summed E-state index contributed by atoms with van der Waals surface area (Å²) < 4.78 is 70.2. The van der Waals surface area contributed by atoms with Crippen LogP contribution in [0.2, 0.25) is 5.02 Å². The maximum atomic E-state index is 13.6. The first-order chi connectivity index (χ1) is 13.7. The van der Waals surface area contributed by atoms with Crippen LogP contribution in [0.25, 0.3) is 0 Å². The molecule has 9 heteroatoms. The van der Waals surface area contributed by atoms with Gasteiger partial charge in [-0.2, -0.15) is 8.78 Å². The van der Waals surface area contributed by atoms with Crippen LogP contribution in [-0.2, 0) is 16.3 Å². The number of halogens is 4. The van der Waals surface area contributed by atoms with Crippen molar-refractivity contribution in [3.63, 3.8) is 0 Å². The van der Waals surface area contributed by atoms with Gasteiger partial charge in [0, 0.05) is 34.5 Å². The van der Waals surface area contributed by atoms with Gasteiger partial charge in [0.15, 0.2) is 0 Å². The van der Waals surface area contributed by atoms with Crippen molar-refractivity contribution < 1.29 is 26.3 Å². The van der Waals surface area contributed by atoms with Gasteiger partial charge in [-0.3, -0.25) is 4.99 Å². The highest BCUT2D eigenvalue weighted by molar-refractivity contribution is 7.91. The van der Waals surface area contributed by atoms with E-state index in [-0.39, 0.29) is 22.1 Å². The number of nitrogens with zero attached hydrogens (tertiary/aromatic N) is 1. The number of hydrogen-bond acceptors (Lipinski definition) is 4. The fourth-order valence-corrected chi connectivity index (χ4v) is 4.40. The second-order valence-corrected chi connectivity index (χ2v) is 8.93. The van der Waals surface area contributed by atoms with Gasteiger partial charge < -0.3 is 4.74 Å². The molecule has 0 heterocycles. The molecule has 4 nitrogen and oxygen atoms in total. The first-order valence-corrected chi connectivity index (χ1v) is 11.0. The average Bonchev–Trinajstić information content (AvgIpc) is 3.05. The highest BCUT2D eigenvalue weighted by atomic mass is 35.5. The van der Waals surface area contributed by atoms with E-state index < -0.39 is 26.3 Å². The molecule has 0 N–H and O–H groups in total. The second kappa shape index (κ2) is 8.75. The SMILES string of the molecule is CCCC/N=C1/CCc2c(Oc3cc(F)cc(Cl)c3)ccc(S(=O)(=O)C(F)F)c21. The number of rotatable bonds is 7. The fourth-order valence-electron chi connectivity index (χ4n) is 3.21. The molecule has 1 aliphatic carbocycles. The van der Waals surface area contributed by atoms with Crippen molar-refractivity contribution in [1.29, 1.82) is 0 Å². The zero-order valence-corrected chi connectivity index (χ0v) is 17.2. The van der Waals surface area contributed by atoms with Gasteiger partial charge in [0.25, 0.3) is 0 Å². The molecule has 0 saturated carbocycles. The van der Waals surface area contributed by atoms with Crippen molar-refractivity contribution in [3.05, 3.63) is 52.3 Å². The molecule has 0 saturated heterocycles. The summed E-state index contributed by atoms with van der Waals surface area (Å²) in [4.78, 5) is 3.98. The second-order valence-electron chi connectivity index (χ2n) is 6.61. The number of aliphatic imine (C=N–C) groups is 1. The van der Waals surface area contributed by atoms with Gasteiger partial charge in [0.2, 0.25) is 9.84 Å². The summed E-state index contributed by atoms with van der Waals surface area (Å²) in [5, 5.41) is 0.135. The average molecular weight is 446 g/mol. The van der Waals surface area contributed by atoms with E-state index in [4.69, 9.17) is 16.3 Å². The zero-order valence-electron chi connectivity index (χ0n) is 15.6. The summed E-state index contributed by atoms with van der Waals surface area (Å²) in [7, 11) is -4.82. The highest BCUT2D eigenvalue weighted by Crippen LogP contribution is 2.39. The summed E-state index contributed by atoms with van der Waals surface area (Å²) in [6.07, 6.45) is 2.49. The van der Waals surface area contributed by atoms with Crippen molar-refractivity contribution in [2.24, 2.45) is 4.99 Å². The third-order valence-electron chi connectivity index (χ3n) is 4.55. The lowest BCUT2D eigenvalue weighted by Crippen LogP contribution is -2.16. The Bertz CT molecular complexity index is 1030. The lowest BCUT2D eigenvalue weighted by Gasteiger charge is -2.15. The minimum absolute atomic E-state index is 0.123. The molecule has 2 aromatic rings. The van der Waals surface area contributed by atoms with Crippen LogP contribution in [0.3, 0.4) is 0 Å². The molecule has 0 bridgehead atoms. The van der Waals surface area contributed by atoms with Gasteiger partial charge in [-0.25, -0.2) is 12.8 Å². The Labute approximate surface area is 172 Å². The summed E-state index contributed by atoms with van der Waals surface area (Å²) in [6, 6.07) is 6.06. The van der Waals surface area contributed by atoms with Crippen LogP contribution in [0, 0.1) is 5.82 Å². The number of benzene rings is 2. The van der Waals surface area contributed by atoms with E-state index in [0.717, 1.165) is 31.0 Å². The Morgan fingerprint density at radius 3 is 2.62 bits per heavy atom. The molecular formula is C20H19ClF3NO3S. The lowest BCUT2D eigenvalue weighted by molar-refractivity contribution is 0.234. The smallest absolute Gasteiger partial charge is 0.341 e. The van der Waals surface area contributed by atoms with E-state index in [1.165, 1.54) is 12.1 Å². The molecule has 0 aromatic heterocycles. The summed E-state index contributed by atoms with van der Waals surface area (Å²) in [5.74, 6) is -3.76. The molecular weight excluding hydrogens is 427 g/mol. The minimum Gasteiger partial charge on any atom is -0.457 e. The molecule has 0 atom stereocenters. The van der Waals surface area contributed by atoms with Crippen molar-refractivity contribution >= 4 is 27.1 Å². The van der Waals surface area contributed by atoms with Crippen LogP contribution in [0.5, 0.6) is 11.5 Å². The Kier molecular flexibility index (Phi) is 6.53. The third kappa shape index (κ3) is 4.59. The van der Waals surface area contributed by atoms with Gasteiger partial charge in [-0.05, 0) is 43.5 Å². The highest BCUT2D eigenvalue weighted by Gasteiger charge is 2.35. The summed E-state index contributed by atoms with van der Waals surface area (Å²) >= 11 is 5.85. The van der Waals surface area contributed by atoms with Gasteiger partial charge in [-0.1, -0.05) is 24.9 Å². The Morgan fingerprint density at radius 1 is 1.21 bits per heavy atom. The number of alkyl halides is 2. The van der Waals surface area contributed by atoms with E-state index in [0.29, 0.717) is 30.7 Å². The molecule has 3 rings (SSSR count). The van der Waals surface area contributed by atoms with Crippen LogP contribution in [0.4, 0.5) is 13.2 Å². The first-order valence-electron chi connectivity index (χ1n) is 9.09. The lowest BCUT2D eigenvalue weighted by atomic mass is 10.1. The normalized spacial score (nSPS) is 15.2. The summed E-state index contributed by atoms with van der Waals surface area (Å²) in [5.41, 5.74) is 1.10. The molecule has 1 aliphatic rings. The minimum atomic E-state index is -4.82. The number of fused-ring (bicyclic) bond motifs is 1. The number of sulfone groups is 1. The van der Waals surface area contributed by atoms with E-state index in [2.05, 4.69) is 4.99 Å². The molecule has 156 valence electrons. The molecule has 29 heavy (non-hydrogen) atoms. The van der Waals surface area contributed by atoms with Gasteiger partial charge in [-0.15, -0.1) is 0 Å². The monoisotopic (exact) mass is 445 g/mol. The first kappa shape index (κ1) is 21.6. The fraction of sp³-hybridized carbons (Fsp3) is 0.350. The van der Waals surface area contributed by atoms with E-state index >= 15 is 0 Å². The maximum Gasteiger partial charge on any atom is 0.341 e. The van der Waals surface area contributed by atoms with E-state index in [1.54, 1.807) is 0 Å². The molecule has 0 unspecified atom stereocenters. The van der Waals surface area contributed by atoms with Crippen molar-refractivity contribution in [2.45, 2.75) is 43.3 Å². The van der Waals surface area contributed by atoms with Crippen LogP contribution in [0.15, 0.2) is 40.2 Å². The Morgan fingerprint density at radius 2 is 1.97 bits per heavy atom. The molecule has 0 aliphatic heterocycles. The predicted molar refractivity (Wildman–Crippen MR) is 106 cm³/mol. The van der Waals surface area contributed by atoms with Crippen LogP contribution in [0.1, 0.15) is 37.3 Å². The van der Waals surface area contributed by atoms with Gasteiger partial charge in [0.05, 0.1) is 4.90 Å². The molecule has 0 radical (unpaired) electrons. The van der Waals surface area contributed by atoms with Crippen molar-refractivity contribution in [3.8, 4) is 11.5 Å². The third-order valence-corrected chi connectivity index (χ3v) is 6.19. The molecule has 2 aromatic carbocycles. The summed E-state index contributed by atoms with van der Waals surface area (Å²) in [6.45, 7) is 2.47. The number of unbranched alkanes of at least 4 members (excludes halogenated alkanes) is 1. The number of hydrogen-bond donors (Lipinski definition) is 0. The molecule has 0 spiro atoms. The van der Waals surface area contributed by atoms with Gasteiger partial charge >= 0.3 is 5.76 Å². The molecule has 0 amide bonds. The Balaban J connectivity index is 2.11.